The lowest BCUT2D eigenvalue weighted by Gasteiger charge is -2.21. The largest absolute Gasteiger partial charge is 0.384 e. The second kappa shape index (κ2) is 7.02. The molecule has 5 nitrogen and oxygen atoms in total. The van der Waals surface area contributed by atoms with Crippen molar-refractivity contribution in [3.05, 3.63) is 40.8 Å². The van der Waals surface area contributed by atoms with Crippen LogP contribution in [0.2, 0.25) is 0 Å². The van der Waals surface area contributed by atoms with E-state index in [-0.39, 0.29) is 4.90 Å². The Kier molecular flexibility index (Phi) is 5.33. The molecule has 0 aliphatic heterocycles. The molecule has 21 heavy (non-hydrogen) atoms. The molecule has 0 aliphatic rings. The van der Waals surface area contributed by atoms with Gasteiger partial charge < -0.3 is 5.32 Å². The zero-order chi connectivity index (χ0) is 15.3. The van der Waals surface area contributed by atoms with Gasteiger partial charge in [-0.2, -0.15) is 4.31 Å². The third-order valence-corrected chi connectivity index (χ3v) is 5.84. The maximum absolute atomic E-state index is 12.8. The van der Waals surface area contributed by atoms with Gasteiger partial charge in [0, 0.05) is 36.9 Å². The van der Waals surface area contributed by atoms with E-state index in [1.807, 2.05) is 31.4 Å². The van der Waals surface area contributed by atoms with Crippen LogP contribution in [-0.2, 0) is 16.6 Å². The number of nitrogens with zero attached hydrogens (tertiary/aromatic N) is 2. The Morgan fingerprint density at radius 1 is 1.33 bits per heavy atom. The Balaban J connectivity index is 2.35. The fraction of sp³-hybridized carbons (Fsp3) is 0.357. The van der Waals surface area contributed by atoms with Gasteiger partial charge in [0.1, 0.15) is 4.90 Å². The molecule has 0 saturated heterocycles. The van der Waals surface area contributed by atoms with Crippen LogP contribution in [0.4, 0.5) is 5.69 Å². The van der Waals surface area contributed by atoms with E-state index in [2.05, 4.69) is 10.3 Å². The lowest BCUT2D eigenvalue weighted by atomic mass is 10.4. The molecular formula is C14H19N3O2S2. The summed E-state index contributed by atoms with van der Waals surface area (Å²) in [6.07, 6.45) is 3.00. The quantitative estimate of drug-likeness (QED) is 0.850. The van der Waals surface area contributed by atoms with Gasteiger partial charge in [-0.3, -0.25) is 4.98 Å². The van der Waals surface area contributed by atoms with Crippen LogP contribution >= 0.6 is 11.3 Å². The second-order valence-electron chi connectivity index (χ2n) is 4.41. The van der Waals surface area contributed by atoms with Gasteiger partial charge in [0.05, 0.1) is 5.69 Å². The first kappa shape index (κ1) is 15.9. The van der Waals surface area contributed by atoms with Gasteiger partial charge in [-0.1, -0.05) is 13.0 Å². The number of anilines is 1. The van der Waals surface area contributed by atoms with E-state index < -0.39 is 10.0 Å². The van der Waals surface area contributed by atoms with Crippen LogP contribution in [-0.4, -0.2) is 30.8 Å². The van der Waals surface area contributed by atoms with Gasteiger partial charge in [-0.25, -0.2) is 8.42 Å². The van der Waals surface area contributed by atoms with Crippen molar-refractivity contribution in [3.63, 3.8) is 0 Å². The lowest BCUT2D eigenvalue weighted by molar-refractivity contribution is 0.426. The van der Waals surface area contributed by atoms with E-state index in [0.717, 1.165) is 4.88 Å². The predicted molar refractivity (Wildman–Crippen MR) is 86.0 cm³/mol. The molecule has 0 atom stereocenters. The Hall–Kier alpha value is -1.44. The fourth-order valence-corrected chi connectivity index (χ4v) is 4.34. The molecule has 0 fully saturated rings. The molecule has 2 heterocycles. The summed E-state index contributed by atoms with van der Waals surface area (Å²) in [6.45, 7) is 5.23. The number of hydrogen-bond donors (Lipinski definition) is 1. The van der Waals surface area contributed by atoms with Crippen LogP contribution in [0.3, 0.4) is 0 Å². The smallest absolute Gasteiger partial charge is 0.246 e. The minimum Gasteiger partial charge on any atom is -0.384 e. The molecule has 2 rings (SSSR count). The van der Waals surface area contributed by atoms with Crippen LogP contribution in [0.1, 0.15) is 18.7 Å². The SMILES string of the molecule is CCNc1ccncc1S(=O)(=O)N(CC)Cc1cccs1. The first-order valence-electron chi connectivity index (χ1n) is 6.80. The summed E-state index contributed by atoms with van der Waals surface area (Å²) in [4.78, 5) is 5.21. The number of pyridine rings is 1. The van der Waals surface area contributed by atoms with E-state index in [1.165, 1.54) is 10.5 Å². The van der Waals surface area contributed by atoms with Gasteiger partial charge in [-0.15, -0.1) is 11.3 Å². The Morgan fingerprint density at radius 2 is 2.14 bits per heavy atom. The third-order valence-electron chi connectivity index (χ3n) is 3.03. The number of hydrogen-bond acceptors (Lipinski definition) is 5. The van der Waals surface area contributed by atoms with E-state index in [9.17, 15) is 8.42 Å². The normalized spacial score (nSPS) is 11.8. The van der Waals surface area contributed by atoms with Gasteiger partial charge in [0.15, 0.2) is 0 Å². The zero-order valence-corrected chi connectivity index (χ0v) is 13.7. The summed E-state index contributed by atoms with van der Waals surface area (Å²) in [6, 6.07) is 5.56. The van der Waals surface area contributed by atoms with Crippen LogP contribution in [0.5, 0.6) is 0 Å². The van der Waals surface area contributed by atoms with Gasteiger partial charge in [-0.05, 0) is 24.4 Å². The molecule has 0 unspecified atom stereocenters. The molecule has 1 N–H and O–H groups in total. The summed E-state index contributed by atoms with van der Waals surface area (Å²) in [5.74, 6) is 0. The first-order chi connectivity index (χ1) is 10.1. The summed E-state index contributed by atoms with van der Waals surface area (Å²) < 4.78 is 27.1. The average molecular weight is 325 g/mol. The van der Waals surface area contributed by atoms with Crippen molar-refractivity contribution in [2.45, 2.75) is 25.3 Å². The molecule has 0 saturated carbocycles. The maximum Gasteiger partial charge on any atom is 0.246 e. The minimum absolute atomic E-state index is 0.227. The highest BCUT2D eigenvalue weighted by Crippen LogP contribution is 2.25. The standard InChI is InChI=1S/C14H19N3O2S2/c1-3-16-13-7-8-15-10-14(13)21(18,19)17(4-2)11-12-6-5-9-20-12/h5-10H,3-4,11H2,1-2H3,(H,15,16). The number of rotatable bonds is 7. The molecule has 2 aromatic heterocycles. The predicted octanol–water partition coefficient (Wildman–Crippen LogP) is 2.79. The Bertz CT molecular complexity index is 669. The number of nitrogens with one attached hydrogen (secondary N) is 1. The maximum atomic E-state index is 12.8. The van der Waals surface area contributed by atoms with Crippen LogP contribution in [0.25, 0.3) is 0 Å². The Morgan fingerprint density at radius 3 is 2.76 bits per heavy atom. The highest BCUT2D eigenvalue weighted by Gasteiger charge is 2.26. The van der Waals surface area contributed by atoms with Gasteiger partial charge in [0.2, 0.25) is 10.0 Å². The van der Waals surface area contributed by atoms with Crippen LogP contribution in [0.15, 0.2) is 40.9 Å². The van der Waals surface area contributed by atoms with Crippen molar-refractivity contribution in [3.8, 4) is 0 Å². The molecule has 0 aliphatic carbocycles. The molecule has 0 spiro atoms. The molecule has 2 aromatic rings. The minimum atomic E-state index is -3.57. The monoisotopic (exact) mass is 325 g/mol. The van der Waals surface area contributed by atoms with Crippen molar-refractivity contribution in [1.29, 1.82) is 0 Å². The lowest BCUT2D eigenvalue weighted by Crippen LogP contribution is -2.30. The average Bonchev–Trinajstić information content (AvgIpc) is 2.98. The zero-order valence-electron chi connectivity index (χ0n) is 12.1. The van der Waals surface area contributed by atoms with Crippen LogP contribution in [0, 0.1) is 0 Å². The number of sulfonamides is 1. The summed E-state index contributed by atoms with van der Waals surface area (Å²) in [7, 11) is -3.57. The van der Waals surface area contributed by atoms with E-state index >= 15 is 0 Å². The summed E-state index contributed by atoms with van der Waals surface area (Å²) in [5.41, 5.74) is 0.595. The van der Waals surface area contributed by atoms with Crippen molar-refractivity contribution < 1.29 is 8.42 Å². The highest BCUT2D eigenvalue weighted by molar-refractivity contribution is 7.89. The topological polar surface area (TPSA) is 62.3 Å². The van der Waals surface area contributed by atoms with Gasteiger partial charge >= 0.3 is 0 Å². The fourth-order valence-electron chi connectivity index (χ4n) is 2.00. The van der Waals surface area contributed by atoms with Crippen molar-refractivity contribution in [2.75, 3.05) is 18.4 Å². The van der Waals surface area contributed by atoms with E-state index in [1.54, 1.807) is 23.6 Å². The Labute approximate surface area is 129 Å². The third kappa shape index (κ3) is 3.61. The van der Waals surface area contributed by atoms with Crippen molar-refractivity contribution in [2.24, 2.45) is 0 Å². The molecule has 0 aromatic carbocycles. The molecule has 7 heteroatoms. The van der Waals surface area contributed by atoms with Gasteiger partial charge in [0.25, 0.3) is 0 Å². The molecule has 0 bridgehead atoms. The first-order valence-corrected chi connectivity index (χ1v) is 9.12. The molecule has 0 amide bonds. The number of thiophene rings is 1. The second-order valence-corrected chi connectivity index (χ2v) is 7.35. The summed E-state index contributed by atoms with van der Waals surface area (Å²) >= 11 is 1.56. The van der Waals surface area contributed by atoms with E-state index in [0.29, 0.717) is 25.3 Å². The summed E-state index contributed by atoms with van der Waals surface area (Å²) in [5, 5.41) is 5.03. The van der Waals surface area contributed by atoms with Crippen molar-refractivity contribution in [1.82, 2.24) is 9.29 Å². The van der Waals surface area contributed by atoms with Crippen molar-refractivity contribution >= 4 is 27.0 Å². The molecular weight excluding hydrogens is 306 g/mol. The molecule has 0 radical (unpaired) electrons. The number of aromatic nitrogens is 1. The van der Waals surface area contributed by atoms with E-state index in [4.69, 9.17) is 0 Å². The van der Waals surface area contributed by atoms with Crippen LogP contribution < -0.4 is 5.32 Å². The molecule has 114 valence electrons. The highest BCUT2D eigenvalue weighted by atomic mass is 32.2.